The van der Waals surface area contributed by atoms with E-state index in [1.54, 1.807) is 7.11 Å². The van der Waals surface area contributed by atoms with E-state index in [0.29, 0.717) is 5.92 Å². The largest absolute Gasteiger partial charge is 0.390 e. The van der Waals surface area contributed by atoms with Gasteiger partial charge in [0.25, 0.3) is 0 Å². The van der Waals surface area contributed by atoms with E-state index in [4.69, 9.17) is 14.2 Å². The highest BCUT2D eigenvalue weighted by molar-refractivity contribution is 4.77. The van der Waals surface area contributed by atoms with Crippen molar-refractivity contribution >= 4 is 0 Å². The maximum atomic E-state index is 10.0. The molecule has 2 aliphatic carbocycles. The minimum Gasteiger partial charge on any atom is -0.390 e. The molecule has 0 amide bonds. The van der Waals surface area contributed by atoms with Crippen LogP contribution in [0, 0.1) is 5.92 Å². The molecule has 2 aliphatic rings. The molecule has 19 heavy (non-hydrogen) atoms. The molecule has 0 bridgehead atoms. The van der Waals surface area contributed by atoms with E-state index in [1.807, 2.05) is 0 Å². The Balaban J connectivity index is 1.87. The SMILES string of the molecule is COCOC(OC1CCCCC1O)C1CCCCC1. The predicted octanol–water partition coefficient (Wildman–Crippen LogP) is 2.83. The summed E-state index contributed by atoms with van der Waals surface area (Å²) in [5, 5.41) is 10.0. The Labute approximate surface area is 116 Å². The first-order chi connectivity index (χ1) is 9.31. The van der Waals surface area contributed by atoms with Crippen LogP contribution < -0.4 is 0 Å². The standard InChI is InChI=1S/C15H28O4/c1-17-11-18-15(12-7-3-2-4-8-12)19-14-10-6-5-9-13(14)16/h12-16H,2-11H2,1H3. The lowest BCUT2D eigenvalue weighted by Gasteiger charge is -2.35. The molecule has 4 nitrogen and oxygen atoms in total. The van der Waals surface area contributed by atoms with Gasteiger partial charge in [0.1, 0.15) is 6.79 Å². The van der Waals surface area contributed by atoms with E-state index in [0.717, 1.165) is 38.5 Å². The number of hydrogen-bond acceptors (Lipinski definition) is 4. The molecule has 0 aliphatic heterocycles. The quantitative estimate of drug-likeness (QED) is 0.755. The van der Waals surface area contributed by atoms with Crippen molar-refractivity contribution in [2.75, 3.05) is 13.9 Å². The van der Waals surface area contributed by atoms with Gasteiger partial charge < -0.3 is 19.3 Å². The third-order valence-corrected chi connectivity index (χ3v) is 4.36. The minimum atomic E-state index is -0.328. The van der Waals surface area contributed by atoms with E-state index in [2.05, 4.69) is 0 Å². The van der Waals surface area contributed by atoms with E-state index < -0.39 is 0 Å². The number of aliphatic hydroxyl groups is 1. The number of ether oxygens (including phenoxy) is 3. The molecular formula is C15H28O4. The maximum Gasteiger partial charge on any atom is 0.163 e. The smallest absolute Gasteiger partial charge is 0.163 e. The molecule has 112 valence electrons. The van der Waals surface area contributed by atoms with Gasteiger partial charge in [0.05, 0.1) is 12.2 Å². The monoisotopic (exact) mass is 272 g/mol. The summed E-state index contributed by atoms with van der Waals surface area (Å²) in [6.45, 7) is 0.268. The topological polar surface area (TPSA) is 47.9 Å². The van der Waals surface area contributed by atoms with Crippen molar-refractivity contribution in [2.45, 2.75) is 76.3 Å². The zero-order valence-electron chi connectivity index (χ0n) is 12.1. The molecule has 0 radical (unpaired) electrons. The van der Waals surface area contributed by atoms with Gasteiger partial charge in [-0.05, 0) is 25.7 Å². The molecule has 1 N–H and O–H groups in total. The summed E-state index contributed by atoms with van der Waals surface area (Å²) in [7, 11) is 1.63. The van der Waals surface area contributed by atoms with E-state index in [1.165, 1.54) is 19.3 Å². The molecule has 0 aromatic rings. The Kier molecular flexibility index (Phi) is 6.57. The average molecular weight is 272 g/mol. The van der Waals surface area contributed by atoms with Crippen LogP contribution in [0.4, 0.5) is 0 Å². The highest BCUT2D eigenvalue weighted by Crippen LogP contribution is 2.31. The molecule has 2 rings (SSSR count). The second-order valence-corrected chi connectivity index (χ2v) is 5.87. The Morgan fingerprint density at radius 2 is 1.68 bits per heavy atom. The van der Waals surface area contributed by atoms with E-state index >= 15 is 0 Å². The second-order valence-electron chi connectivity index (χ2n) is 5.87. The highest BCUT2D eigenvalue weighted by atomic mass is 16.7. The molecule has 0 spiro atoms. The first kappa shape index (κ1) is 15.2. The summed E-state index contributed by atoms with van der Waals surface area (Å²) >= 11 is 0. The van der Waals surface area contributed by atoms with Crippen molar-refractivity contribution in [3.05, 3.63) is 0 Å². The summed E-state index contributed by atoms with van der Waals surface area (Å²) in [6, 6.07) is 0. The number of methoxy groups -OCH3 is 1. The van der Waals surface area contributed by atoms with Gasteiger partial charge in [-0.25, -0.2) is 0 Å². The first-order valence-electron chi connectivity index (χ1n) is 7.75. The van der Waals surface area contributed by atoms with Gasteiger partial charge in [-0.1, -0.05) is 32.1 Å². The third-order valence-electron chi connectivity index (χ3n) is 4.36. The Hall–Kier alpha value is -0.160. The molecule has 0 aromatic heterocycles. The molecule has 4 heteroatoms. The van der Waals surface area contributed by atoms with Crippen LogP contribution in [-0.2, 0) is 14.2 Å². The van der Waals surface area contributed by atoms with Crippen LogP contribution in [0.1, 0.15) is 57.8 Å². The van der Waals surface area contributed by atoms with Gasteiger partial charge >= 0.3 is 0 Å². The number of hydrogen-bond donors (Lipinski definition) is 1. The third kappa shape index (κ3) is 4.71. The zero-order chi connectivity index (χ0) is 13.5. The van der Waals surface area contributed by atoms with E-state index in [-0.39, 0.29) is 25.3 Å². The molecule has 2 fully saturated rings. The van der Waals surface area contributed by atoms with Crippen LogP contribution in [-0.4, -0.2) is 37.5 Å². The lowest BCUT2D eigenvalue weighted by Crippen LogP contribution is -2.40. The first-order valence-corrected chi connectivity index (χ1v) is 7.75. The molecule has 0 heterocycles. The van der Waals surface area contributed by atoms with Crippen LogP contribution in [0.5, 0.6) is 0 Å². The van der Waals surface area contributed by atoms with Crippen molar-refractivity contribution in [1.29, 1.82) is 0 Å². The molecule has 0 aromatic carbocycles. The lowest BCUT2D eigenvalue weighted by molar-refractivity contribution is -0.250. The van der Waals surface area contributed by atoms with Gasteiger partial charge in [-0.3, -0.25) is 0 Å². The molecule has 3 atom stereocenters. The van der Waals surface area contributed by atoms with Crippen molar-refractivity contribution in [3.63, 3.8) is 0 Å². The summed E-state index contributed by atoms with van der Waals surface area (Å²) in [5.41, 5.74) is 0. The van der Waals surface area contributed by atoms with E-state index in [9.17, 15) is 5.11 Å². The predicted molar refractivity (Wildman–Crippen MR) is 72.7 cm³/mol. The van der Waals surface area contributed by atoms with Crippen LogP contribution >= 0.6 is 0 Å². The zero-order valence-corrected chi connectivity index (χ0v) is 12.1. The fourth-order valence-electron chi connectivity index (χ4n) is 3.24. The summed E-state index contributed by atoms with van der Waals surface area (Å²) < 4.78 is 16.8. The van der Waals surface area contributed by atoms with Crippen molar-refractivity contribution in [2.24, 2.45) is 5.92 Å². The number of aliphatic hydroxyl groups excluding tert-OH is 1. The molecule has 3 unspecified atom stereocenters. The van der Waals surface area contributed by atoms with Crippen molar-refractivity contribution in [3.8, 4) is 0 Å². The van der Waals surface area contributed by atoms with Crippen LogP contribution in [0.25, 0.3) is 0 Å². The minimum absolute atomic E-state index is 0.0578. The lowest BCUT2D eigenvalue weighted by atomic mass is 9.88. The van der Waals surface area contributed by atoms with Crippen molar-refractivity contribution in [1.82, 2.24) is 0 Å². The average Bonchev–Trinajstić information content (AvgIpc) is 2.46. The Bertz CT molecular complexity index is 240. The Morgan fingerprint density at radius 1 is 1.00 bits per heavy atom. The van der Waals surface area contributed by atoms with Crippen molar-refractivity contribution < 1.29 is 19.3 Å². The van der Waals surface area contributed by atoms with Gasteiger partial charge in [-0.15, -0.1) is 0 Å². The van der Waals surface area contributed by atoms with Crippen LogP contribution in [0.3, 0.4) is 0 Å². The van der Waals surface area contributed by atoms with Gasteiger partial charge in [0.15, 0.2) is 6.29 Å². The summed E-state index contributed by atoms with van der Waals surface area (Å²) in [4.78, 5) is 0. The number of rotatable bonds is 6. The van der Waals surface area contributed by atoms with Gasteiger partial charge in [0, 0.05) is 13.0 Å². The maximum absolute atomic E-state index is 10.0. The fraction of sp³-hybridized carbons (Fsp3) is 1.00. The van der Waals surface area contributed by atoms with Crippen LogP contribution in [0.15, 0.2) is 0 Å². The molecule has 2 saturated carbocycles. The summed E-state index contributed by atoms with van der Waals surface area (Å²) in [5.74, 6) is 0.457. The fourth-order valence-corrected chi connectivity index (χ4v) is 3.24. The molecule has 0 saturated heterocycles. The summed E-state index contributed by atoms with van der Waals surface area (Å²) in [6.07, 6.45) is 9.61. The normalized spacial score (nSPS) is 31.3. The van der Waals surface area contributed by atoms with Crippen LogP contribution in [0.2, 0.25) is 0 Å². The van der Waals surface area contributed by atoms with Gasteiger partial charge in [-0.2, -0.15) is 0 Å². The Morgan fingerprint density at radius 3 is 2.37 bits per heavy atom. The molecular weight excluding hydrogens is 244 g/mol. The second kappa shape index (κ2) is 8.20. The van der Waals surface area contributed by atoms with Gasteiger partial charge in [0.2, 0.25) is 0 Å². The highest BCUT2D eigenvalue weighted by Gasteiger charge is 2.31.